The van der Waals surface area contributed by atoms with Crippen molar-refractivity contribution < 1.29 is 5.11 Å². The second-order valence-electron chi connectivity index (χ2n) is 5.14. The van der Waals surface area contributed by atoms with Crippen molar-refractivity contribution in [1.82, 2.24) is 5.32 Å². The zero-order valence-corrected chi connectivity index (χ0v) is 10.3. The minimum Gasteiger partial charge on any atom is -0.508 e. The van der Waals surface area contributed by atoms with Crippen LogP contribution in [0.1, 0.15) is 44.4 Å². The fraction of sp³-hybridized carbons (Fsp3) is 0.571. The molecule has 1 aromatic rings. The fourth-order valence-electron chi connectivity index (χ4n) is 2.32. The first-order chi connectivity index (χ1) is 7.59. The highest BCUT2D eigenvalue weighted by molar-refractivity contribution is 5.44. The smallest absolute Gasteiger partial charge is 0.119 e. The molecular weight excluding hydrogens is 198 g/mol. The molecule has 1 aliphatic rings. The Morgan fingerprint density at radius 2 is 2.06 bits per heavy atom. The van der Waals surface area contributed by atoms with Crippen LogP contribution in [0.4, 0.5) is 0 Å². The number of hydrogen-bond acceptors (Lipinski definition) is 2. The van der Waals surface area contributed by atoms with Gasteiger partial charge in [0, 0.05) is 12.1 Å². The molecule has 0 saturated carbocycles. The number of aromatic hydroxyl groups is 1. The normalized spacial score (nSPS) is 21.1. The van der Waals surface area contributed by atoms with Crippen LogP contribution < -0.4 is 5.32 Å². The highest BCUT2D eigenvalue weighted by Gasteiger charge is 2.25. The van der Waals surface area contributed by atoms with Crippen molar-refractivity contribution in [2.75, 3.05) is 0 Å². The molecule has 0 bridgehead atoms. The minimum atomic E-state index is 0.416. The molecule has 0 fully saturated rings. The van der Waals surface area contributed by atoms with Crippen LogP contribution in [0.15, 0.2) is 18.2 Å². The molecule has 2 atom stereocenters. The van der Waals surface area contributed by atoms with E-state index in [0.29, 0.717) is 23.8 Å². The van der Waals surface area contributed by atoms with Gasteiger partial charge in [-0.1, -0.05) is 26.0 Å². The summed E-state index contributed by atoms with van der Waals surface area (Å²) in [5.41, 5.74) is 2.42. The molecule has 2 rings (SSSR count). The monoisotopic (exact) mass is 219 g/mol. The molecule has 0 radical (unpaired) electrons. The van der Waals surface area contributed by atoms with Crippen LogP contribution in [0, 0.1) is 5.92 Å². The molecule has 2 unspecified atom stereocenters. The lowest BCUT2D eigenvalue weighted by Crippen LogP contribution is -2.33. The first-order valence-electron chi connectivity index (χ1n) is 6.16. The van der Waals surface area contributed by atoms with Crippen LogP contribution in [0.3, 0.4) is 0 Å². The second kappa shape index (κ2) is 4.46. The van der Waals surface area contributed by atoms with Gasteiger partial charge >= 0.3 is 0 Å². The molecule has 88 valence electrons. The minimum absolute atomic E-state index is 0.416. The maximum absolute atomic E-state index is 9.76. The van der Waals surface area contributed by atoms with Crippen molar-refractivity contribution in [2.24, 2.45) is 5.92 Å². The Hall–Kier alpha value is -1.02. The van der Waals surface area contributed by atoms with E-state index in [9.17, 15) is 5.11 Å². The summed E-state index contributed by atoms with van der Waals surface area (Å²) in [6.45, 7) is 6.69. The highest BCUT2D eigenvalue weighted by atomic mass is 16.3. The zero-order valence-electron chi connectivity index (χ0n) is 10.3. The number of nitrogens with one attached hydrogen (secondary N) is 1. The summed E-state index contributed by atoms with van der Waals surface area (Å²) in [4.78, 5) is 0. The van der Waals surface area contributed by atoms with E-state index < -0.39 is 0 Å². The van der Waals surface area contributed by atoms with Crippen LogP contribution >= 0.6 is 0 Å². The van der Waals surface area contributed by atoms with Gasteiger partial charge < -0.3 is 10.4 Å². The maximum atomic E-state index is 9.76. The third kappa shape index (κ3) is 2.07. The maximum Gasteiger partial charge on any atom is 0.119 e. The predicted octanol–water partition coefficient (Wildman–Crippen LogP) is 3.01. The Morgan fingerprint density at radius 1 is 1.31 bits per heavy atom. The van der Waals surface area contributed by atoms with Crippen LogP contribution in [0.2, 0.25) is 0 Å². The van der Waals surface area contributed by atoms with Gasteiger partial charge in [-0.05, 0) is 42.9 Å². The number of rotatable bonds is 3. The zero-order chi connectivity index (χ0) is 11.7. The topological polar surface area (TPSA) is 32.3 Å². The Morgan fingerprint density at radius 3 is 2.75 bits per heavy atom. The molecule has 1 aliphatic carbocycles. The molecule has 0 spiro atoms. The van der Waals surface area contributed by atoms with Gasteiger partial charge in [0.05, 0.1) is 0 Å². The average molecular weight is 219 g/mol. The SMILES string of the molecule is CC(C)C(C)NC1CCc2c(O)cccc21. The number of hydrogen-bond donors (Lipinski definition) is 2. The lowest BCUT2D eigenvalue weighted by Gasteiger charge is -2.23. The Balaban J connectivity index is 2.15. The lowest BCUT2D eigenvalue weighted by molar-refractivity contribution is 0.375. The molecule has 16 heavy (non-hydrogen) atoms. The summed E-state index contributed by atoms with van der Waals surface area (Å²) >= 11 is 0. The van der Waals surface area contributed by atoms with Gasteiger partial charge in [0.15, 0.2) is 0 Å². The quantitative estimate of drug-likeness (QED) is 0.819. The number of fused-ring (bicyclic) bond motifs is 1. The van der Waals surface area contributed by atoms with Crippen molar-refractivity contribution in [3.8, 4) is 5.75 Å². The van der Waals surface area contributed by atoms with Gasteiger partial charge in [-0.2, -0.15) is 0 Å². The van der Waals surface area contributed by atoms with E-state index in [1.807, 2.05) is 6.07 Å². The summed E-state index contributed by atoms with van der Waals surface area (Å²) in [7, 11) is 0. The lowest BCUT2D eigenvalue weighted by atomic mass is 10.0. The van der Waals surface area contributed by atoms with Crippen LogP contribution in [0.5, 0.6) is 5.75 Å². The second-order valence-corrected chi connectivity index (χ2v) is 5.14. The third-order valence-electron chi connectivity index (χ3n) is 3.71. The molecule has 2 N–H and O–H groups in total. The Kier molecular flexibility index (Phi) is 3.20. The molecule has 2 nitrogen and oxygen atoms in total. The number of phenolic OH excluding ortho intramolecular Hbond substituents is 1. The average Bonchev–Trinajstić information content (AvgIpc) is 2.63. The molecule has 0 amide bonds. The van der Waals surface area contributed by atoms with Gasteiger partial charge in [0.25, 0.3) is 0 Å². The molecule has 0 saturated heterocycles. The van der Waals surface area contributed by atoms with E-state index in [0.717, 1.165) is 18.4 Å². The fourth-order valence-corrected chi connectivity index (χ4v) is 2.32. The van der Waals surface area contributed by atoms with Crippen molar-refractivity contribution in [3.63, 3.8) is 0 Å². The summed E-state index contributed by atoms with van der Waals surface area (Å²) in [5.74, 6) is 1.10. The summed E-state index contributed by atoms with van der Waals surface area (Å²) in [6.07, 6.45) is 2.09. The predicted molar refractivity (Wildman–Crippen MR) is 66.6 cm³/mol. The van der Waals surface area contributed by atoms with Crippen molar-refractivity contribution in [3.05, 3.63) is 29.3 Å². The molecule has 0 aromatic heterocycles. The van der Waals surface area contributed by atoms with Gasteiger partial charge in [-0.25, -0.2) is 0 Å². The standard InChI is InChI=1S/C14H21NO/c1-9(2)10(3)15-13-8-7-12-11(13)5-4-6-14(12)16/h4-6,9-10,13,15-16H,7-8H2,1-3H3. The summed E-state index contributed by atoms with van der Waals surface area (Å²) in [5, 5.41) is 13.4. The van der Waals surface area contributed by atoms with E-state index in [4.69, 9.17) is 0 Å². The summed E-state index contributed by atoms with van der Waals surface area (Å²) < 4.78 is 0. The van der Waals surface area contributed by atoms with E-state index in [1.54, 1.807) is 6.07 Å². The number of phenols is 1. The van der Waals surface area contributed by atoms with Gasteiger partial charge in [-0.15, -0.1) is 0 Å². The first kappa shape index (κ1) is 11.5. The van der Waals surface area contributed by atoms with Crippen LogP contribution in [-0.2, 0) is 6.42 Å². The van der Waals surface area contributed by atoms with Crippen molar-refractivity contribution in [1.29, 1.82) is 0 Å². The van der Waals surface area contributed by atoms with Crippen LogP contribution in [0.25, 0.3) is 0 Å². The van der Waals surface area contributed by atoms with E-state index in [1.165, 1.54) is 5.56 Å². The van der Waals surface area contributed by atoms with Gasteiger partial charge in [-0.3, -0.25) is 0 Å². The van der Waals surface area contributed by atoms with Crippen molar-refractivity contribution >= 4 is 0 Å². The Bertz CT molecular complexity index is 373. The molecular formula is C14H21NO. The molecule has 0 aliphatic heterocycles. The summed E-state index contributed by atoms with van der Waals surface area (Å²) in [6, 6.07) is 6.78. The van der Waals surface area contributed by atoms with Gasteiger partial charge in [0.1, 0.15) is 5.75 Å². The van der Waals surface area contributed by atoms with Crippen molar-refractivity contribution in [2.45, 2.75) is 45.7 Å². The highest BCUT2D eigenvalue weighted by Crippen LogP contribution is 2.36. The van der Waals surface area contributed by atoms with E-state index in [2.05, 4.69) is 32.2 Å². The third-order valence-corrected chi connectivity index (χ3v) is 3.71. The number of benzene rings is 1. The van der Waals surface area contributed by atoms with Crippen LogP contribution in [-0.4, -0.2) is 11.1 Å². The van der Waals surface area contributed by atoms with Gasteiger partial charge in [0.2, 0.25) is 0 Å². The largest absolute Gasteiger partial charge is 0.508 e. The molecule has 2 heteroatoms. The molecule has 1 aromatic carbocycles. The molecule has 0 heterocycles. The van der Waals surface area contributed by atoms with E-state index in [-0.39, 0.29) is 0 Å². The first-order valence-corrected chi connectivity index (χ1v) is 6.16. The van der Waals surface area contributed by atoms with E-state index >= 15 is 0 Å². The Labute approximate surface area is 97.7 Å².